The first-order chi connectivity index (χ1) is 18.0. The van der Waals surface area contributed by atoms with Crippen LogP contribution in [0.25, 0.3) is 0 Å². The first-order valence-corrected chi connectivity index (χ1v) is 13.9. The fourth-order valence-corrected chi connectivity index (χ4v) is 4.78. The molecule has 0 aliphatic rings. The number of phenolic OH excluding ortho intramolecular Hbond substituents is 1. The van der Waals surface area contributed by atoms with Gasteiger partial charge in [-0.25, -0.2) is 4.79 Å². The van der Waals surface area contributed by atoms with Crippen molar-refractivity contribution in [1.82, 2.24) is 0 Å². The molecule has 2 rings (SSSR count). The van der Waals surface area contributed by atoms with Crippen molar-refractivity contribution in [2.75, 3.05) is 0 Å². The number of carbonyl (C=O) groups is 3. The fourth-order valence-electron chi connectivity index (χ4n) is 4.78. The Labute approximate surface area is 222 Å². The lowest BCUT2D eigenvalue weighted by Gasteiger charge is -2.23. The van der Waals surface area contributed by atoms with Gasteiger partial charge in [0.2, 0.25) is 0 Å². The van der Waals surface area contributed by atoms with E-state index >= 15 is 0 Å². The summed E-state index contributed by atoms with van der Waals surface area (Å²) in [7, 11) is 0. The van der Waals surface area contributed by atoms with E-state index in [4.69, 9.17) is 4.74 Å². The molecule has 0 heterocycles. The van der Waals surface area contributed by atoms with Crippen molar-refractivity contribution in [1.29, 1.82) is 0 Å². The zero-order valence-electron chi connectivity index (χ0n) is 22.6. The molecule has 2 aromatic carbocycles. The van der Waals surface area contributed by atoms with Crippen LogP contribution in [0.1, 0.15) is 106 Å². The van der Waals surface area contributed by atoms with Gasteiger partial charge >= 0.3 is 5.97 Å². The number of aromatic hydroxyl groups is 1. The quantitative estimate of drug-likeness (QED) is 0.121. The van der Waals surface area contributed by atoms with Crippen molar-refractivity contribution in [3.63, 3.8) is 0 Å². The Balaban J connectivity index is 2.02. The predicted octanol–water partition coefficient (Wildman–Crippen LogP) is 7.47. The number of aldehydes is 2. The van der Waals surface area contributed by atoms with Crippen molar-refractivity contribution in [3.8, 4) is 5.75 Å². The predicted molar refractivity (Wildman–Crippen MR) is 148 cm³/mol. The molecule has 5 heteroatoms. The third-order valence-corrected chi connectivity index (χ3v) is 6.90. The van der Waals surface area contributed by atoms with E-state index < -0.39 is 12.1 Å². The van der Waals surface area contributed by atoms with Crippen LogP contribution < -0.4 is 0 Å². The Morgan fingerprint density at radius 1 is 0.865 bits per heavy atom. The van der Waals surface area contributed by atoms with Gasteiger partial charge in [-0.15, -0.1) is 0 Å². The Morgan fingerprint density at radius 2 is 1.54 bits per heavy atom. The lowest BCUT2D eigenvalue weighted by Crippen LogP contribution is -2.25. The molecule has 0 saturated heterocycles. The molecule has 2 aromatic rings. The minimum Gasteiger partial charge on any atom is -0.507 e. The van der Waals surface area contributed by atoms with Crippen LogP contribution in [-0.2, 0) is 20.7 Å². The number of unbranched alkanes of at least 4 members (excludes halogenated alkanes) is 7. The molecule has 0 radical (unpaired) electrons. The number of phenols is 1. The van der Waals surface area contributed by atoms with Gasteiger partial charge in [-0.3, -0.25) is 0 Å². The van der Waals surface area contributed by atoms with Gasteiger partial charge in [-0.1, -0.05) is 108 Å². The molecule has 3 atom stereocenters. The number of benzene rings is 2. The highest BCUT2D eigenvalue weighted by atomic mass is 16.5. The van der Waals surface area contributed by atoms with E-state index in [1.807, 2.05) is 36.4 Å². The van der Waals surface area contributed by atoms with Gasteiger partial charge in [0.15, 0.2) is 0 Å². The Hall–Kier alpha value is -2.95. The number of esters is 1. The first-order valence-electron chi connectivity index (χ1n) is 13.9. The van der Waals surface area contributed by atoms with E-state index in [1.165, 1.54) is 44.6 Å². The fraction of sp³-hybridized carbons (Fsp3) is 0.531. The SMILES string of the molecule is CCCCCCCCCCC(C=O)CC(CC(C)C=O)OC(=O)c1c(O)cccc1Cc1ccccc1. The van der Waals surface area contributed by atoms with E-state index in [9.17, 15) is 19.5 Å². The zero-order valence-corrected chi connectivity index (χ0v) is 22.6. The van der Waals surface area contributed by atoms with Crippen LogP contribution >= 0.6 is 0 Å². The highest BCUT2D eigenvalue weighted by molar-refractivity contribution is 5.94. The van der Waals surface area contributed by atoms with Gasteiger partial charge < -0.3 is 19.4 Å². The molecular formula is C32H44O5. The summed E-state index contributed by atoms with van der Waals surface area (Å²) in [5.41, 5.74) is 1.82. The molecule has 0 aromatic heterocycles. The average Bonchev–Trinajstić information content (AvgIpc) is 2.89. The van der Waals surface area contributed by atoms with Crippen LogP contribution in [0.5, 0.6) is 5.75 Å². The lowest BCUT2D eigenvalue weighted by molar-refractivity contribution is -0.113. The summed E-state index contributed by atoms with van der Waals surface area (Å²) in [4.78, 5) is 36.5. The molecule has 0 bridgehead atoms. The number of hydrogen-bond donors (Lipinski definition) is 1. The Kier molecular flexibility index (Phi) is 14.3. The molecular weight excluding hydrogens is 464 g/mol. The minimum atomic E-state index is -0.621. The molecule has 1 N–H and O–H groups in total. The van der Waals surface area contributed by atoms with Crippen LogP contribution in [0.2, 0.25) is 0 Å². The van der Waals surface area contributed by atoms with Crippen LogP contribution in [0.15, 0.2) is 48.5 Å². The van der Waals surface area contributed by atoms with Crippen molar-refractivity contribution >= 4 is 18.5 Å². The number of rotatable bonds is 19. The molecule has 5 nitrogen and oxygen atoms in total. The molecule has 0 fully saturated rings. The summed E-state index contributed by atoms with van der Waals surface area (Å²) in [6, 6.07) is 14.7. The molecule has 3 unspecified atom stereocenters. The number of carbonyl (C=O) groups excluding carboxylic acids is 3. The average molecular weight is 509 g/mol. The maximum atomic E-state index is 13.3. The summed E-state index contributed by atoms with van der Waals surface area (Å²) in [6.07, 6.45) is 12.7. The minimum absolute atomic E-state index is 0.133. The van der Waals surface area contributed by atoms with Gasteiger partial charge in [0.1, 0.15) is 30.0 Å². The second-order valence-electron chi connectivity index (χ2n) is 10.2. The number of hydrogen-bond acceptors (Lipinski definition) is 5. The second-order valence-corrected chi connectivity index (χ2v) is 10.2. The van der Waals surface area contributed by atoms with Gasteiger partial charge in [-0.2, -0.15) is 0 Å². The maximum Gasteiger partial charge on any atom is 0.342 e. The van der Waals surface area contributed by atoms with E-state index in [0.717, 1.165) is 37.4 Å². The summed E-state index contributed by atoms with van der Waals surface area (Å²) in [6.45, 7) is 4.00. The molecule has 0 aliphatic carbocycles. The smallest absolute Gasteiger partial charge is 0.342 e. The molecule has 37 heavy (non-hydrogen) atoms. The molecule has 0 saturated carbocycles. The van der Waals surface area contributed by atoms with E-state index in [0.29, 0.717) is 24.8 Å². The van der Waals surface area contributed by atoms with Crippen molar-refractivity contribution < 1.29 is 24.2 Å². The molecule has 202 valence electrons. The van der Waals surface area contributed by atoms with E-state index in [-0.39, 0.29) is 23.1 Å². The van der Waals surface area contributed by atoms with E-state index in [1.54, 1.807) is 13.0 Å². The van der Waals surface area contributed by atoms with Crippen LogP contribution in [-0.4, -0.2) is 29.8 Å². The normalized spacial score (nSPS) is 13.5. The number of ether oxygens (including phenoxy) is 1. The Morgan fingerprint density at radius 3 is 2.19 bits per heavy atom. The molecule has 0 amide bonds. The van der Waals surface area contributed by atoms with Crippen molar-refractivity contribution in [2.45, 2.75) is 97.0 Å². The van der Waals surface area contributed by atoms with E-state index in [2.05, 4.69) is 6.92 Å². The summed E-state index contributed by atoms with van der Waals surface area (Å²) < 4.78 is 5.87. The third kappa shape index (κ3) is 11.3. The van der Waals surface area contributed by atoms with Crippen LogP contribution in [0.4, 0.5) is 0 Å². The Bertz CT molecular complexity index is 939. The largest absolute Gasteiger partial charge is 0.507 e. The van der Waals surface area contributed by atoms with Crippen molar-refractivity contribution in [3.05, 3.63) is 65.2 Å². The van der Waals surface area contributed by atoms with Gasteiger partial charge in [0.25, 0.3) is 0 Å². The lowest BCUT2D eigenvalue weighted by atomic mass is 9.92. The van der Waals surface area contributed by atoms with Gasteiger partial charge in [0.05, 0.1) is 0 Å². The highest BCUT2D eigenvalue weighted by Gasteiger charge is 2.25. The topological polar surface area (TPSA) is 80.7 Å². The highest BCUT2D eigenvalue weighted by Crippen LogP contribution is 2.27. The first kappa shape index (κ1) is 30.3. The molecule has 0 aliphatic heterocycles. The van der Waals surface area contributed by atoms with Gasteiger partial charge in [0, 0.05) is 11.8 Å². The second kappa shape index (κ2) is 17.5. The summed E-state index contributed by atoms with van der Waals surface area (Å²) in [5, 5.41) is 10.5. The van der Waals surface area contributed by atoms with Crippen LogP contribution in [0, 0.1) is 11.8 Å². The van der Waals surface area contributed by atoms with Crippen LogP contribution in [0.3, 0.4) is 0 Å². The summed E-state index contributed by atoms with van der Waals surface area (Å²) in [5.74, 6) is -1.29. The van der Waals surface area contributed by atoms with Crippen molar-refractivity contribution in [2.24, 2.45) is 11.8 Å². The zero-order chi connectivity index (χ0) is 26.9. The van der Waals surface area contributed by atoms with Gasteiger partial charge in [-0.05, 0) is 42.9 Å². The summed E-state index contributed by atoms with van der Waals surface area (Å²) >= 11 is 0. The molecule has 0 spiro atoms. The monoisotopic (exact) mass is 508 g/mol. The third-order valence-electron chi connectivity index (χ3n) is 6.90. The maximum absolute atomic E-state index is 13.3. The standard InChI is InChI=1S/C32H44O5/c1-3-4-5-6-7-8-9-11-17-27(24-34)22-29(20-25(2)23-33)37-32(36)31-28(18-14-19-30(31)35)21-26-15-12-10-13-16-26/h10,12-16,18-19,23-25,27,29,35H,3-9,11,17,20-22H2,1-2H3.